The number of alkyl halides is 3. The molecule has 1 heterocycles. The highest BCUT2D eigenvalue weighted by Gasteiger charge is 2.32. The van der Waals surface area contributed by atoms with Gasteiger partial charge in [-0.05, 0) is 24.6 Å². The van der Waals surface area contributed by atoms with E-state index in [2.05, 4.69) is 0 Å². The Bertz CT molecular complexity index is 483. The minimum absolute atomic E-state index is 0.143. The van der Waals surface area contributed by atoms with Crippen molar-refractivity contribution in [1.82, 2.24) is 4.90 Å². The molecule has 0 spiro atoms. The molecule has 1 atom stereocenters. The van der Waals surface area contributed by atoms with Crippen LogP contribution in [0.1, 0.15) is 18.5 Å². The lowest BCUT2D eigenvalue weighted by Crippen LogP contribution is -2.49. The van der Waals surface area contributed by atoms with E-state index in [4.69, 9.17) is 17.3 Å². The van der Waals surface area contributed by atoms with Crippen molar-refractivity contribution in [3.05, 3.63) is 28.8 Å². The van der Waals surface area contributed by atoms with Gasteiger partial charge in [-0.1, -0.05) is 17.7 Å². The highest BCUT2D eigenvalue weighted by atomic mass is 35.5. The van der Waals surface area contributed by atoms with Crippen LogP contribution in [0.2, 0.25) is 5.02 Å². The molecule has 1 aromatic rings. The molecule has 0 amide bonds. The summed E-state index contributed by atoms with van der Waals surface area (Å²) in [4.78, 5) is 3.47. The van der Waals surface area contributed by atoms with Crippen molar-refractivity contribution < 1.29 is 13.2 Å². The molecular weight excluding hydrogens is 303 g/mol. The van der Waals surface area contributed by atoms with Crippen molar-refractivity contribution in [3.63, 3.8) is 0 Å². The lowest BCUT2D eigenvalue weighted by atomic mass is 10.1. The first-order valence-electron chi connectivity index (χ1n) is 6.85. The third-order valence-corrected chi connectivity index (χ3v) is 3.94. The Morgan fingerprint density at radius 2 is 1.86 bits per heavy atom. The summed E-state index contributed by atoms with van der Waals surface area (Å²) in [5.74, 6) is 0. The molecule has 0 bridgehead atoms. The van der Waals surface area contributed by atoms with Crippen LogP contribution in [0.5, 0.6) is 0 Å². The van der Waals surface area contributed by atoms with E-state index in [1.165, 1.54) is 4.90 Å². The third kappa shape index (κ3) is 4.49. The number of halogens is 4. The number of hydrogen-bond acceptors (Lipinski definition) is 3. The second-order valence-corrected chi connectivity index (χ2v) is 5.78. The zero-order chi connectivity index (χ0) is 15.6. The summed E-state index contributed by atoms with van der Waals surface area (Å²) in [7, 11) is 0. The maximum absolute atomic E-state index is 12.3. The molecule has 1 fully saturated rings. The van der Waals surface area contributed by atoms with Crippen LogP contribution in [-0.4, -0.2) is 43.8 Å². The topological polar surface area (TPSA) is 32.5 Å². The standard InChI is InChI=1S/C14H19ClF3N3/c1-10(19)12-3-2-11(8-13(12)15)21-6-4-20(5-7-21)9-14(16,17)18/h2-3,8,10H,4-7,9,19H2,1H3. The van der Waals surface area contributed by atoms with Crippen LogP contribution in [0.3, 0.4) is 0 Å². The van der Waals surface area contributed by atoms with Crippen molar-refractivity contribution in [3.8, 4) is 0 Å². The van der Waals surface area contributed by atoms with Crippen molar-refractivity contribution in [2.24, 2.45) is 5.73 Å². The summed E-state index contributed by atoms with van der Waals surface area (Å²) < 4.78 is 37.0. The predicted molar refractivity (Wildman–Crippen MR) is 78.8 cm³/mol. The van der Waals surface area contributed by atoms with E-state index in [0.29, 0.717) is 31.2 Å². The zero-order valence-electron chi connectivity index (χ0n) is 11.8. The van der Waals surface area contributed by atoms with Crippen molar-refractivity contribution in [2.75, 3.05) is 37.6 Å². The largest absolute Gasteiger partial charge is 0.401 e. The first-order valence-corrected chi connectivity index (χ1v) is 7.23. The Morgan fingerprint density at radius 3 is 2.33 bits per heavy atom. The molecule has 0 aliphatic carbocycles. The zero-order valence-corrected chi connectivity index (χ0v) is 12.6. The van der Waals surface area contributed by atoms with Gasteiger partial charge in [0.15, 0.2) is 0 Å². The smallest absolute Gasteiger partial charge is 0.369 e. The molecule has 0 radical (unpaired) electrons. The SMILES string of the molecule is CC(N)c1ccc(N2CCN(CC(F)(F)F)CC2)cc1Cl. The summed E-state index contributed by atoms with van der Waals surface area (Å²) in [5, 5.41) is 0.597. The van der Waals surface area contributed by atoms with Crippen molar-refractivity contribution >= 4 is 17.3 Å². The van der Waals surface area contributed by atoms with E-state index >= 15 is 0 Å². The summed E-state index contributed by atoms with van der Waals surface area (Å²) in [6.45, 7) is 2.92. The average Bonchev–Trinajstić information content (AvgIpc) is 2.37. The predicted octanol–water partition coefficient (Wildman–Crippen LogP) is 3.04. The Balaban J connectivity index is 1.98. The van der Waals surface area contributed by atoms with Crippen molar-refractivity contribution in [2.45, 2.75) is 19.1 Å². The summed E-state index contributed by atoms with van der Waals surface area (Å²) in [5.41, 5.74) is 7.61. The number of anilines is 1. The second-order valence-electron chi connectivity index (χ2n) is 5.37. The summed E-state index contributed by atoms with van der Waals surface area (Å²) >= 11 is 6.19. The molecule has 1 aromatic carbocycles. The Morgan fingerprint density at radius 1 is 1.24 bits per heavy atom. The van der Waals surface area contributed by atoms with E-state index in [0.717, 1.165) is 11.3 Å². The van der Waals surface area contributed by atoms with Gasteiger partial charge >= 0.3 is 6.18 Å². The normalized spacial score (nSPS) is 18.9. The minimum atomic E-state index is -4.13. The molecule has 7 heteroatoms. The van der Waals surface area contributed by atoms with Crippen LogP contribution in [0.25, 0.3) is 0 Å². The van der Waals surface area contributed by atoms with Gasteiger partial charge in [-0.15, -0.1) is 0 Å². The fraction of sp³-hybridized carbons (Fsp3) is 0.571. The molecular formula is C14H19ClF3N3. The van der Waals surface area contributed by atoms with Gasteiger partial charge in [0.25, 0.3) is 0 Å². The molecule has 1 aliphatic heterocycles. The molecule has 3 nitrogen and oxygen atoms in total. The van der Waals surface area contributed by atoms with Gasteiger partial charge in [0.05, 0.1) is 6.54 Å². The molecule has 0 aromatic heterocycles. The van der Waals surface area contributed by atoms with Gasteiger partial charge in [-0.25, -0.2) is 0 Å². The minimum Gasteiger partial charge on any atom is -0.369 e. The Hall–Kier alpha value is -0.980. The van der Waals surface area contributed by atoms with Crippen LogP contribution in [-0.2, 0) is 0 Å². The van der Waals surface area contributed by atoms with Crippen LogP contribution in [0.15, 0.2) is 18.2 Å². The van der Waals surface area contributed by atoms with E-state index in [9.17, 15) is 13.2 Å². The van der Waals surface area contributed by atoms with E-state index in [-0.39, 0.29) is 6.04 Å². The van der Waals surface area contributed by atoms with Gasteiger partial charge in [0.1, 0.15) is 0 Å². The second kappa shape index (κ2) is 6.42. The number of nitrogens with zero attached hydrogens (tertiary/aromatic N) is 2. The molecule has 1 unspecified atom stereocenters. The fourth-order valence-electron chi connectivity index (χ4n) is 2.50. The fourth-order valence-corrected chi connectivity index (χ4v) is 2.85. The van der Waals surface area contributed by atoms with Crippen LogP contribution >= 0.6 is 11.6 Å². The quantitative estimate of drug-likeness (QED) is 0.928. The third-order valence-electron chi connectivity index (χ3n) is 3.61. The molecule has 2 N–H and O–H groups in total. The van der Waals surface area contributed by atoms with Crippen LogP contribution in [0.4, 0.5) is 18.9 Å². The monoisotopic (exact) mass is 321 g/mol. The van der Waals surface area contributed by atoms with E-state index in [1.54, 1.807) is 0 Å². The lowest BCUT2D eigenvalue weighted by Gasteiger charge is -2.36. The van der Waals surface area contributed by atoms with Crippen LogP contribution < -0.4 is 10.6 Å². The molecule has 2 rings (SSSR count). The first-order chi connectivity index (χ1) is 9.76. The highest BCUT2D eigenvalue weighted by molar-refractivity contribution is 6.31. The number of benzene rings is 1. The van der Waals surface area contributed by atoms with Gasteiger partial charge in [-0.2, -0.15) is 13.2 Å². The Kier molecular flexibility index (Phi) is 5.01. The lowest BCUT2D eigenvalue weighted by molar-refractivity contribution is -0.146. The van der Waals surface area contributed by atoms with Crippen molar-refractivity contribution in [1.29, 1.82) is 0 Å². The maximum atomic E-state index is 12.3. The van der Waals surface area contributed by atoms with Gasteiger partial charge in [-0.3, -0.25) is 4.90 Å². The van der Waals surface area contributed by atoms with Gasteiger partial charge in [0, 0.05) is 42.9 Å². The molecule has 0 saturated carbocycles. The Labute approximate surface area is 127 Å². The maximum Gasteiger partial charge on any atom is 0.401 e. The summed E-state index contributed by atoms with van der Waals surface area (Å²) in [6, 6.07) is 5.49. The average molecular weight is 322 g/mol. The molecule has 118 valence electrons. The number of hydrogen-bond donors (Lipinski definition) is 1. The number of piperazine rings is 1. The van der Waals surface area contributed by atoms with Gasteiger partial charge in [0.2, 0.25) is 0 Å². The van der Waals surface area contributed by atoms with E-state index < -0.39 is 12.7 Å². The number of rotatable bonds is 3. The summed E-state index contributed by atoms with van der Waals surface area (Å²) in [6.07, 6.45) is -4.13. The first kappa shape index (κ1) is 16.4. The van der Waals surface area contributed by atoms with E-state index in [1.807, 2.05) is 30.0 Å². The molecule has 1 aliphatic rings. The molecule has 1 saturated heterocycles. The molecule has 21 heavy (non-hydrogen) atoms. The van der Waals surface area contributed by atoms with Gasteiger partial charge < -0.3 is 10.6 Å². The number of nitrogens with two attached hydrogens (primary N) is 1. The van der Waals surface area contributed by atoms with Crippen LogP contribution in [0, 0.1) is 0 Å². The highest BCUT2D eigenvalue weighted by Crippen LogP contribution is 2.28.